The van der Waals surface area contributed by atoms with Gasteiger partial charge in [0.05, 0.1) is 11.8 Å². The highest BCUT2D eigenvalue weighted by molar-refractivity contribution is 8.01. The number of carbonyl (C=O) groups excluding carboxylic acids is 1. The predicted octanol–water partition coefficient (Wildman–Crippen LogP) is 4.27. The Kier molecular flexibility index (Phi) is 5.37. The maximum Gasteiger partial charge on any atom is 0.230 e. The minimum absolute atomic E-state index is 0.0882. The Morgan fingerprint density at radius 1 is 1.24 bits per heavy atom. The zero-order valence-corrected chi connectivity index (χ0v) is 14.5. The number of thioether (sulfide) groups is 1. The number of rotatable bonds is 4. The lowest BCUT2D eigenvalue weighted by Crippen LogP contribution is -2.29. The lowest BCUT2D eigenvalue weighted by molar-refractivity contribution is -0.119. The molecule has 0 aliphatic heterocycles. The molecule has 2 rings (SSSR count). The zero-order chi connectivity index (χ0) is 15.5. The largest absolute Gasteiger partial charge is 0.349 e. The number of carbonyl (C=O) groups is 1. The maximum atomic E-state index is 12.0. The highest BCUT2D eigenvalue weighted by Crippen LogP contribution is 2.25. The standard InChI is InChI=1S/C18H27NOS/c1-13(19-17(20)12-21-18(2,3)4)15-10-9-14-7-5-6-8-16(14)11-15/h9-11,13H,5-8,12H2,1-4H3,(H,19,20). The molecule has 0 aromatic heterocycles. The monoisotopic (exact) mass is 305 g/mol. The molecule has 21 heavy (non-hydrogen) atoms. The van der Waals surface area contributed by atoms with Crippen molar-refractivity contribution in [1.82, 2.24) is 5.32 Å². The van der Waals surface area contributed by atoms with E-state index >= 15 is 0 Å². The van der Waals surface area contributed by atoms with E-state index in [4.69, 9.17) is 0 Å². The number of hydrogen-bond donors (Lipinski definition) is 1. The number of nitrogens with one attached hydrogen (secondary N) is 1. The van der Waals surface area contributed by atoms with Gasteiger partial charge in [-0.1, -0.05) is 39.0 Å². The molecule has 0 saturated carbocycles. The maximum absolute atomic E-state index is 12.0. The van der Waals surface area contributed by atoms with Gasteiger partial charge in [-0.15, -0.1) is 11.8 Å². The van der Waals surface area contributed by atoms with Crippen LogP contribution in [-0.2, 0) is 17.6 Å². The van der Waals surface area contributed by atoms with Crippen molar-refractivity contribution >= 4 is 17.7 Å². The van der Waals surface area contributed by atoms with E-state index in [0.29, 0.717) is 5.75 Å². The molecule has 1 aromatic rings. The lowest BCUT2D eigenvalue weighted by Gasteiger charge is -2.21. The van der Waals surface area contributed by atoms with E-state index in [-0.39, 0.29) is 16.7 Å². The molecule has 0 radical (unpaired) electrons. The van der Waals surface area contributed by atoms with E-state index < -0.39 is 0 Å². The van der Waals surface area contributed by atoms with Gasteiger partial charge in [-0.2, -0.15) is 0 Å². The van der Waals surface area contributed by atoms with Crippen LogP contribution >= 0.6 is 11.8 Å². The summed E-state index contributed by atoms with van der Waals surface area (Å²) in [5, 5.41) is 3.12. The van der Waals surface area contributed by atoms with Crippen LogP contribution in [-0.4, -0.2) is 16.4 Å². The summed E-state index contributed by atoms with van der Waals surface area (Å²) in [6, 6.07) is 6.80. The quantitative estimate of drug-likeness (QED) is 0.900. The lowest BCUT2D eigenvalue weighted by atomic mass is 9.89. The number of aryl methyl sites for hydroxylation is 2. The van der Waals surface area contributed by atoms with Crippen LogP contribution in [0.2, 0.25) is 0 Å². The SMILES string of the molecule is CC(NC(=O)CSC(C)(C)C)c1ccc2c(c1)CCCC2. The summed E-state index contributed by atoms with van der Waals surface area (Å²) in [4.78, 5) is 12.0. The zero-order valence-electron chi connectivity index (χ0n) is 13.7. The summed E-state index contributed by atoms with van der Waals surface area (Å²) in [7, 11) is 0. The van der Waals surface area contributed by atoms with Crippen molar-refractivity contribution in [3.8, 4) is 0 Å². The third-order valence-corrected chi connectivity index (χ3v) is 5.16. The minimum Gasteiger partial charge on any atom is -0.349 e. The van der Waals surface area contributed by atoms with E-state index in [1.807, 2.05) is 0 Å². The molecule has 1 amide bonds. The second-order valence-electron chi connectivity index (χ2n) is 6.93. The molecule has 0 saturated heterocycles. The topological polar surface area (TPSA) is 29.1 Å². The average molecular weight is 305 g/mol. The highest BCUT2D eigenvalue weighted by atomic mass is 32.2. The van der Waals surface area contributed by atoms with Crippen molar-refractivity contribution in [2.45, 2.75) is 64.2 Å². The molecule has 0 spiro atoms. The Bertz CT molecular complexity index is 504. The smallest absolute Gasteiger partial charge is 0.230 e. The molecule has 2 nitrogen and oxygen atoms in total. The third-order valence-electron chi connectivity index (χ3n) is 3.89. The molecule has 0 heterocycles. The summed E-state index contributed by atoms with van der Waals surface area (Å²) in [5.74, 6) is 0.652. The highest BCUT2D eigenvalue weighted by Gasteiger charge is 2.16. The summed E-state index contributed by atoms with van der Waals surface area (Å²) in [6.45, 7) is 8.48. The van der Waals surface area contributed by atoms with E-state index in [2.05, 4.69) is 51.2 Å². The summed E-state index contributed by atoms with van der Waals surface area (Å²) < 4.78 is 0.131. The second kappa shape index (κ2) is 6.87. The molecular formula is C18H27NOS. The molecule has 0 fully saturated rings. The van der Waals surface area contributed by atoms with E-state index in [0.717, 1.165) is 0 Å². The van der Waals surface area contributed by atoms with E-state index in [1.54, 1.807) is 11.8 Å². The normalized spacial score (nSPS) is 16.2. The Hall–Kier alpha value is -0.960. The van der Waals surface area contributed by atoms with Crippen LogP contribution in [0.25, 0.3) is 0 Å². The van der Waals surface area contributed by atoms with Crippen molar-refractivity contribution in [3.63, 3.8) is 0 Å². The fraction of sp³-hybridized carbons (Fsp3) is 0.611. The Labute approximate surface area is 133 Å². The number of fused-ring (bicyclic) bond motifs is 1. The summed E-state index contributed by atoms with van der Waals surface area (Å²) in [5.41, 5.74) is 4.19. The fourth-order valence-electron chi connectivity index (χ4n) is 2.67. The van der Waals surface area contributed by atoms with Crippen molar-refractivity contribution in [1.29, 1.82) is 0 Å². The summed E-state index contributed by atoms with van der Waals surface area (Å²) in [6.07, 6.45) is 4.99. The number of amides is 1. The van der Waals surface area contributed by atoms with E-state index in [9.17, 15) is 4.79 Å². The van der Waals surface area contributed by atoms with E-state index in [1.165, 1.54) is 42.4 Å². The predicted molar refractivity (Wildman–Crippen MR) is 91.9 cm³/mol. The molecule has 1 aliphatic rings. The third kappa shape index (κ3) is 5.06. The molecule has 1 unspecified atom stereocenters. The average Bonchev–Trinajstić information content (AvgIpc) is 2.44. The first-order valence-corrected chi connectivity index (χ1v) is 8.89. The van der Waals surface area contributed by atoms with Gasteiger partial charge in [-0.3, -0.25) is 4.79 Å². The first-order chi connectivity index (χ1) is 9.85. The first kappa shape index (κ1) is 16.4. The molecule has 3 heteroatoms. The van der Waals surface area contributed by atoms with Crippen molar-refractivity contribution in [2.75, 3.05) is 5.75 Å². The van der Waals surface area contributed by atoms with Crippen molar-refractivity contribution < 1.29 is 4.79 Å². The Morgan fingerprint density at radius 2 is 1.90 bits per heavy atom. The van der Waals surface area contributed by atoms with Gasteiger partial charge in [0.15, 0.2) is 0 Å². The second-order valence-corrected chi connectivity index (χ2v) is 8.73. The Balaban J connectivity index is 1.94. The Morgan fingerprint density at radius 3 is 2.57 bits per heavy atom. The molecule has 116 valence electrons. The molecule has 1 aliphatic carbocycles. The van der Waals surface area contributed by atoms with Crippen LogP contribution in [0.5, 0.6) is 0 Å². The number of hydrogen-bond acceptors (Lipinski definition) is 2. The van der Waals surface area contributed by atoms with Crippen molar-refractivity contribution in [3.05, 3.63) is 34.9 Å². The van der Waals surface area contributed by atoms with Crippen molar-refractivity contribution in [2.24, 2.45) is 0 Å². The van der Waals surface area contributed by atoms with Crippen LogP contribution < -0.4 is 5.32 Å². The minimum atomic E-state index is 0.0882. The van der Waals surface area contributed by atoms with Gasteiger partial charge in [0.25, 0.3) is 0 Å². The first-order valence-electron chi connectivity index (χ1n) is 7.90. The van der Waals surface area contributed by atoms with Gasteiger partial charge in [0.2, 0.25) is 5.91 Å². The number of benzene rings is 1. The molecule has 0 bridgehead atoms. The molecule has 1 atom stereocenters. The molecular weight excluding hydrogens is 278 g/mol. The van der Waals surface area contributed by atoms with Crippen LogP contribution in [0.15, 0.2) is 18.2 Å². The van der Waals surface area contributed by atoms with Crippen LogP contribution in [0.3, 0.4) is 0 Å². The van der Waals surface area contributed by atoms with Crippen LogP contribution in [0.4, 0.5) is 0 Å². The van der Waals surface area contributed by atoms with Gasteiger partial charge in [0, 0.05) is 4.75 Å². The van der Waals surface area contributed by atoms with Crippen LogP contribution in [0.1, 0.15) is 63.3 Å². The van der Waals surface area contributed by atoms with Gasteiger partial charge in [-0.25, -0.2) is 0 Å². The molecule has 1 N–H and O–H groups in total. The summed E-state index contributed by atoms with van der Waals surface area (Å²) >= 11 is 1.69. The molecule has 1 aromatic carbocycles. The fourth-order valence-corrected chi connectivity index (χ4v) is 3.32. The van der Waals surface area contributed by atoms with Gasteiger partial charge in [-0.05, 0) is 49.3 Å². The van der Waals surface area contributed by atoms with Crippen LogP contribution in [0, 0.1) is 0 Å². The van der Waals surface area contributed by atoms with Gasteiger partial charge in [0.1, 0.15) is 0 Å². The van der Waals surface area contributed by atoms with Gasteiger partial charge >= 0.3 is 0 Å². The van der Waals surface area contributed by atoms with Gasteiger partial charge < -0.3 is 5.32 Å².